The molecule has 1 fully saturated rings. The van der Waals surface area contributed by atoms with Crippen LogP contribution in [0.5, 0.6) is 5.75 Å². The molecule has 1 unspecified atom stereocenters. The summed E-state index contributed by atoms with van der Waals surface area (Å²) in [6.45, 7) is 8.64. The molecule has 25 heavy (non-hydrogen) atoms. The van der Waals surface area contributed by atoms with Crippen molar-refractivity contribution in [1.29, 1.82) is 5.26 Å². The van der Waals surface area contributed by atoms with Crippen LogP contribution < -0.4 is 10.1 Å². The summed E-state index contributed by atoms with van der Waals surface area (Å²) in [7, 11) is 1.62. The predicted octanol–water partition coefficient (Wildman–Crippen LogP) is 1.92. The first-order chi connectivity index (χ1) is 12.1. The van der Waals surface area contributed by atoms with E-state index < -0.39 is 0 Å². The SMILES string of the molecule is CCN1CCN(/C=C(/C#N)C(=O)NC(C)c2ccc(OC)cc2)CC1. The molecule has 1 saturated heterocycles. The van der Waals surface area contributed by atoms with Crippen LogP contribution in [0.3, 0.4) is 0 Å². The number of amides is 1. The van der Waals surface area contributed by atoms with Crippen molar-refractivity contribution in [1.82, 2.24) is 15.1 Å². The van der Waals surface area contributed by atoms with Crippen molar-refractivity contribution in [2.45, 2.75) is 19.9 Å². The van der Waals surface area contributed by atoms with Crippen molar-refractivity contribution < 1.29 is 9.53 Å². The number of hydrogen-bond donors (Lipinski definition) is 1. The van der Waals surface area contributed by atoms with E-state index in [0.29, 0.717) is 0 Å². The molecular formula is C19H26N4O2. The first-order valence-electron chi connectivity index (χ1n) is 8.60. The maximum atomic E-state index is 12.4. The van der Waals surface area contributed by atoms with Crippen LogP contribution in [0.15, 0.2) is 36.0 Å². The fourth-order valence-corrected chi connectivity index (χ4v) is 2.78. The molecule has 0 aliphatic carbocycles. The van der Waals surface area contributed by atoms with E-state index in [1.54, 1.807) is 13.3 Å². The predicted molar refractivity (Wildman–Crippen MR) is 96.9 cm³/mol. The molecule has 1 N–H and O–H groups in total. The number of carbonyl (C=O) groups excluding carboxylic acids is 1. The molecule has 1 aromatic rings. The van der Waals surface area contributed by atoms with Crippen molar-refractivity contribution in [2.24, 2.45) is 0 Å². The minimum absolute atomic E-state index is 0.144. The van der Waals surface area contributed by atoms with Gasteiger partial charge in [0.2, 0.25) is 0 Å². The number of carbonyl (C=O) groups is 1. The molecule has 1 atom stereocenters. The van der Waals surface area contributed by atoms with E-state index in [2.05, 4.69) is 17.1 Å². The Morgan fingerprint density at radius 1 is 1.32 bits per heavy atom. The molecule has 1 amide bonds. The molecule has 1 aromatic carbocycles. The lowest BCUT2D eigenvalue weighted by atomic mass is 10.1. The van der Waals surface area contributed by atoms with E-state index >= 15 is 0 Å². The number of nitrogens with one attached hydrogen (secondary N) is 1. The Hall–Kier alpha value is -2.52. The van der Waals surface area contributed by atoms with Crippen molar-refractivity contribution in [2.75, 3.05) is 39.8 Å². The normalized spacial score (nSPS) is 16.9. The Kier molecular flexibility index (Phi) is 6.84. The van der Waals surface area contributed by atoms with Gasteiger partial charge in [-0.25, -0.2) is 0 Å². The van der Waals surface area contributed by atoms with Gasteiger partial charge < -0.3 is 19.9 Å². The van der Waals surface area contributed by atoms with Crippen LogP contribution in [-0.4, -0.2) is 55.5 Å². The molecule has 0 aromatic heterocycles. The number of benzene rings is 1. The first kappa shape index (κ1) is 18.8. The lowest BCUT2D eigenvalue weighted by Gasteiger charge is -2.33. The zero-order valence-corrected chi connectivity index (χ0v) is 15.2. The van der Waals surface area contributed by atoms with E-state index in [1.165, 1.54) is 0 Å². The van der Waals surface area contributed by atoms with Crippen LogP contribution in [0.4, 0.5) is 0 Å². The highest BCUT2D eigenvalue weighted by molar-refractivity contribution is 5.97. The lowest BCUT2D eigenvalue weighted by molar-refractivity contribution is -0.117. The monoisotopic (exact) mass is 342 g/mol. The Balaban J connectivity index is 1.97. The van der Waals surface area contributed by atoms with Crippen LogP contribution in [0.25, 0.3) is 0 Å². The molecule has 0 radical (unpaired) electrons. The average molecular weight is 342 g/mol. The highest BCUT2D eigenvalue weighted by Crippen LogP contribution is 2.17. The summed E-state index contributed by atoms with van der Waals surface area (Å²) in [5.41, 5.74) is 1.10. The van der Waals surface area contributed by atoms with Gasteiger partial charge in [0.25, 0.3) is 5.91 Å². The molecule has 2 rings (SSSR count). The van der Waals surface area contributed by atoms with Crippen molar-refractivity contribution in [3.63, 3.8) is 0 Å². The fourth-order valence-electron chi connectivity index (χ4n) is 2.78. The largest absolute Gasteiger partial charge is 0.497 e. The Morgan fingerprint density at radius 2 is 1.96 bits per heavy atom. The molecule has 1 aliphatic rings. The van der Waals surface area contributed by atoms with Gasteiger partial charge in [-0.1, -0.05) is 19.1 Å². The number of ether oxygens (including phenoxy) is 1. The van der Waals surface area contributed by atoms with Gasteiger partial charge in [-0.3, -0.25) is 4.79 Å². The average Bonchev–Trinajstić information content (AvgIpc) is 2.66. The van der Waals surface area contributed by atoms with Crippen LogP contribution in [-0.2, 0) is 4.79 Å². The standard InChI is InChI=1S/C19H26N4O2/c1-4-22-9-11-23(12-10-22)14-17(13-20)19(24)21-15(2)16-5-7-18(25-3)8-6-16/h5-8,14-15H,4,9-12H2,1-3H3,(H,21,24)/b17-14-. The zero-order valence-electron chi connectivity index (χ0n) is 15.2. The highest BCUT2D eigenvalue weighted by atomic mass is 16.5. The maximum Gasteiger partial charge on any atom is 0.263 e. The molecule has 0 bridgehead atoms. The lowest BCUT2D eigenvalue weighted by Crippen LogP contribution is -2.44. The summed E-state index contributed by atoms with van der Waals surface area (Å²) in [6, 6.07) is 9.35. The van der Waals surface area contributed by atoms with Gasteiger partial charge in [0.1, 0.15) is 17.4 Å². The smallest absolute Gasteiger partial charge is 0.263 e. The Bertz CT molecular complexity index is 640. The van der Waals surface area contributed by atoms with Crippen LogP contribution in [0.2, 0.25) is 0 Å². The van der Waals surface area contributed by atoms with Crippen molar-refractivity contribution in [3.8, 4) is 11.8 Å². The van der Waals surface area contributed by atoms with E-state index in [1.807, 2.05) is 42.2 Å². The fraction of sp³-hybridized carbons (Fsp3) is 0.474. The van der Waals surface area contributed by atoms with E-state index in [9.17, 15) is 10.1 Å². The number of nitrogens with zero attached hydrogens (tertiary/aromatic N) is 3. The zero-order chi connectivity index (χ0) is 18.2. The van der Waals surface area contributed by atoms with Crippen LogP contribution in [0.1, 0.15) is 25.5 Å². The number of rotatable bonds is 6. The summed E-state index contributed by atoms with van der Waals surface area (Å²) >= 11 is 0. The topological polar surface area (TPSA) is 68.6 Å². The van der Waals surface area contributed by atoms with E-state index in [4.69, 9.17) is 4.74 Å². The van der Waals surface area contributed by atoms with Gasteiger partial charge in [0.15, 0.2) is 0 Å². The third-order valence-electron chi connectivity index (χ3n) is 4.49. The summed E-state index contributed by atoms with van der Waals surface area (Å²) in [5.74, 6) is 0.426. The summed E-state index contributed by atoms with van der Waals surface area (Å²) in [4.78, 5) is 16.8. The maximum absolute atomic E-state index is 12.4. The first-order valence-corrected chi connectivity index (χ1v) is 8.60. The minimum Gasteiger partial charge on any atom is -0.497 e. The van der Waals surface area contributed by atoms with Gasteiger partial charge in [-0.05, 0) is 31.2 Å². The van der Waals surface area contributed by atoms with Gasteiger partial charge in [-0.2, -0.15) is 5.26 Å². The Morgan fingerprint density at radius 3 is 2.48 bits per heavy atom. The quantitative estimate of drug-likeness (QED) is 0.632. The van der Waals surface area contributed by atoms with E-state index in [0.717, 1.165) is 44.0 Å². The molecule has 0 spiro atoms. The summed E-state index contributed by atoms with van der Waals surface area (Å²) in [6.07, 6.45) is 1.68. The summed E-state index contributed by atoms with van der Waals surface area (Å²) in [5, 5.41) is 12.2. The number of likely N-dealkylation sites (N-methyl/N-ethyl adjacent to an activating group) is 1. The number of nitriles is 1. The van der Waals surface area contributed by atoms with E-state index in [-0.39, 0.29) is 17.5 Å². The highest BCUT2D eigenvalue weighted by Gasteiger charge is 2.18. The third-order valence-corrected chi connectivity index (χ3v) is 4.49. The van der Waals surface area contributed by atoms with Gasteiger partial charge in [0, 0.05) is 32.4 Å². The molecule has 1 heterocycles. The summed E-state index contributed by atoms with van der Waals surface area (Å²) < 4.78 is 5.14. The molecule has 0 saturated carbocycles. The van der Waals surface area contributed by atoms with Gasteiger partial charge in [-0.15, -0.1) is 0 Å². The minimum atomic E-state index is -0.344. The second-order valence-corrected chi connectivity index (χ2v) is 6.09. The van der Waals surface area contributed by atoms with Crippen molar-refractivity contribution in [3.05, 3.63) is 41.6 Å². The van der Waals surface area contributed by atoms with Crippen LogP contribution in [0, 0.1) is 11.3 Å². The van der Waals surface area contributed by atoms with Crippen molar-refractivity contribution >= 4 is 5.91 Å². The second kappa shape index (κ2) is 9.09. The molecule has 1 aliphatic heterocycles. The number of piperazine rings is 1. The van der Waals surface area contributed by atoms with Crippen LogP contribution >= 0.6 is 0 Å². The second-order valence-electron chi connectivity index (χ2n) is 6.09. The number of methoxy groups -OCH3 is 1. The molecule has 6 heteroatoms. The molecule has 6 nitrogen and oxygen atoms in total. The Labute approximate surface area is 149 Å². The number of hydrogen-bond acceptors (Lipinski definition) is 5. The molecule has 134 valence electrons. The van der Waals surface area contributed by atoms with Gasteiger partial charge in [0.05, 0.1) is 13.2 Å². The third kappa shape index (κ3) is 5.23. The van der Waals surface area contributed by atoms with Gasteiger partial charge >= 0.3 is 0 Å². The molecular weight excluding hydrogens is 316 g/mol.